The van der Waals surface area contributed by atoms with Gasteiger partial charge in [0.15, 0.2) is 12.1 Å². The van der Waals surface area contributed by atoms with E-state index in [1.54, 1.807) is 0 Å². The summed E-state index contributed by atoms with van der Waals surface area (Å²) in [6, 6.07) is 0. The fourth-order valence-corrected chi connectivity index (χ4v) is 3.74. The first kappa shape index (κ1) is 12.6. The zero-order chi connectivity index (χ0) is 12.6. The third-order valence-electron chi connectivity index (χ3n) is 4.62. The number of rotatable bonds is 2. The van der Waals surface area contributed by atoms with Crippen LogP contribution >= 0.6 is 0 Å². The van der Waals surface area contributed by atoms with Crippen LogP contribution in [0.15, 0.2) is 11.6 Å². The number of methoxy groups -OCH3 is 1. The maximum absolute atomic E-state index is 9.51. The fourth-order valence-electron chi connectivity index (χ4n) is 3.74. The predicted molar refractivity (Wildman–Crippen MR) is 65.8 cm³/mol. The molecule has 3 aliphatic rings. The lowest BCUT2D eigenvalue weighted by Gasteiger charge is -2.37. The van der Waals surface area contributed by atoms with Crippen LogP contribution in [0.5, 0.6) is 0 Å². The molecule has 1 heterocycles. The Kier molecular flexibility index (Phi) is 3.45. The normalized spacial score (nSPS) is 38.2. The van der Waals surface area contributed by atoms with Gasteiger partial charge in [0, 0.05) is 20.0 Å². The maximum Gasteiger partial charge on any atom is 0.173 e. The minimum absolute atomic E-state index is 0.281. The molecule has 3 unspecified atom stereocenters. The van der Waals surface area contributed by atoms with Gasteiger partial charge in [-0.25, -0.2) is 0 Å². The molecule has 2 aliphatic carbocycles. The summed E-state index contributed by atoms with van der Waals surface area (Å²) in [5.74, 6) is 1.10. The number of allylic oxidation sites excluding steroid dienone is 1. The van der Waals surface area contributed by atoms with Crippen LogP contribution in [0.3, 0.4) is 0 Å². The van der Waals surface area contributed by atoms with E-state index in [1.807, 2.05) is 6.08 Å². The van der Waals surface area contributed by atoms with Crippen LogP contribution in [0.25, 0.3) is 0 Å². The highest BCUT2D eigenvalue weighted by Crippen LogP contribution is 2.50. The number of hydrogen-bond acceptors (Lipinski definition) is 4. The van der Waals surface area contributed by atoms with Crippen LogP contribution in [0.1, 0.15) is 32.1 Å². The largest absolute Gasteiger partial charge is 0.365 e. The second kappa shape index (κ2) is 4.93. The second-order valence-electron chi connectivity index (χ2n) is 5.73. The Hall–Kier alpha value is -0.420. The van der Waals surface area contributed by atoms with Gasteiger partial charge in [0.25, 0.3) is 0 Å². The molecule has 4 heteroatoms. The summed E-state index contributed by atoms with van der Waals surface area (Å²) in [6.45, 7) is 1.48. The van der Waals surface area contributed by atoms with E-state index in [4.69, 9.17) is 14.2 Å². The summed E-state index contributed by atoms with van der Waals surface area (Å²) in [4.78, 5) is 0. The van der Waals surface area contributed by atoms with Crippen molar-refractivity contribution in [3.63, 3.8) is 0 Å². The second-order valence-corrected chi connectivity index (χ2v) is 5.73. The van der Waals surface area contributed by atoms with Crippen molar-refractivity contribution in [2.75, 3.05) is 20.3 Å². The first-order chi connectivity index (χ1) is 8.71. The third-order valence-corrected chi connectivity index (χ3v) is 4.62. The number of aliphatic hydroxyl groups is 1. The van der Waals surface area contributed by atoms with Crippen LogP contribution in [0, 0.1) is 11.8 Å². The van der Waals surface area contributed by atoms with Gasteiger partial charge in [-0.2, -0.15) is 0 Å². The standard InChI is InChI=1S/C14H22O4/c1-16-13(15)8-10-6-11-2-3-14(9-12(11)7-10)17-4-5-18-14/h8,11-13,15H,2-7,9H2,1H3/b10-8-. The highest BCUT2D eigenvalue weighted by Gasteiger charge is 2.47. The first-order valence-electron chi connectivity index (χ1n) is 6.89. The van der Waals surface area contributed by atoms with Gasteiger partial charge < -0.3 is 19.3 Å². The van der Waals surface area contributed by atoms with Crippen molar-refractivity contribution in [3.05, 3.63) is 11.6 Å². The molecule has 0 aromatic rings. The Morgan fingerprint density at radius 3 is 2.78 bits per heavy atom. The van der Waals surface area contributed by atoms with E-state index in [0.29, 0.717) is 5.92 Å². The molecule has 0 aromatic carbocycles. The van der Waals surface area contributed by atoms with Crippen LogP contribution in [-0.2, 0) is 14.2 Å². The van der Waals surface area contributed by atoms with Crippen LogP contribution < -0.4 is 0 Å². The quantitative estimate of drug-likeness (QED) is 0.603. The third kappa shape index (κ3) is 2.35. The molecule has 0 bridgehead atoms. The Morgan fingerprint density at radius 1 is 1.33 bits per heavy atom. The van der Waals surface area contributed by atoms with E-state index in [-0.39, 0.29) is 5.79 Å². The minimum atomic E-state index is -0.756. The van der Waals surface area contributed by atoms with Gasteiger partial charge in [0.05, 0.1) is 13.2 Å². The average molecular weight is 254 g/mol. The van der Waals surface area contributed by atoms with Gasteiger partial charge in [-0.3, -0.25) is 0 Å². The van der Waals surface area contributed by atoms with Gasteiger partial charge in [0.2, 0.25) is 0 Å². The van der Waals surface area contributed by atoms with Crippen LogP contribution in [-0.4, -0.2) is 37.5 Å². The van der Waals surface area contributed by atoms with Gasteiger partial charge in [-0.15, -0.1) is 0 Å². The van der Waals surface area contributed by atoms with E-state index in [2.05, 4.69) is 0 Å². The minimum Gasteiger partial charge on any atom is -0.365 e. The van der Waals surface area contributed by atoms with Crippen molar-refractivity contribution in [1.29, 1.82) is 0 Å². The summed E-state index contributed by atoms with van der Waals surface area (Å²) < 4.78 is 16.5. The van der Waals surface area contributed by atoms with E-state index in [1.165, 1.54) is 19.1 Å². The molecule has 3 atom stereocenters. The SMILES string of the molecule is COC(O)/C=C1/CC2CCC3(CC2C1)OCCO3. The summed E-state index contributed by atoms with van der Waals surface area (Å²) in [5, 5.41) is 9.51. The van der Waals surface area contributed by atoms with Gasteiger partial charge >= 0.3 is 0 Å². The van der Waals surface area contributed by atoms with Crippen molar-refractivity contribution in [2.24, 2.45) is 11.8 Å². The van der Waals surface area contributed by atoms with Gasteiger partial charge in [0.1, 0.15) is 0 Å². The Balaban J connectivity index is 1.65. The molecular formula is C14H22O4. The molecule has 1 N–H and O–H groups in total. The van der Waals surface area contributed by atoms with E-state index >= 15 is 0 Å². The summed E-state index contributed by atoms with van der Waals surface area (Å²) in [5.41, 5.74) is 1.33. The average Bonchev–Trinajstić information content (AvgIpc) is 2.96. The predicted octanol–water partition coefficient (Wildman–Crippen LogP) is 1.83. The molecule has 18 heavy (non-hydrogen) atoms. The number of fused-ring (bicyclic) bond motifs is 1. The number of hydrogen-bond donors (Lipinski definition) is 1. The molecule has 2 saturated carbocycles. The van der Waals surface area contributed by atoms with Crippen LogP contribution in [0.4, 0.5) is 0 Å². The zero-order valence-electron chi connectivity index (χ0n) is 10.9. The molecule has 3 rings (SSSR count). The Labute approximate surface area is 108 Å². The van der Waals surface area contributed by atoms with Crippen molar-refractivity contribution in [3.8, 4) is 0 Å². The summed E-state index contributed by atoms with van der Waals surface area (Å²) >= 11 is 0. The topological polar surface area (TPSA) is 47.9 Å². The van der Waals surface area contributed by atoms with E-state index < -0.39 is 6.29 Å². The molecule has 0 aromatic heterocycles. The monoisotopic (exact) mass is 254 g/mol. The molecule has 3 fully saturated rings. The maximum atomic E-state index is 9.51. The van der Waals surface area contributed by atoms with Crippen LogP contribution in [0.2, 0.25) is 0 Å². The van der Waals surface area contributed by atoms with Gasteiger partial charge in [-0.1, -0.05) is 5.57 Å². The molecule has 4 nitrogen and oxygen atoms in total. The van der Waals surface area contributed by atoms with Crippen molar-refractivity contribution in [1.82, 2.24) is 0 Å². The molecule has 102 valence electrons. The molecular weight excluding hydrogens is 232 g/mol. The lowest BCUT2D eigenvalue weighted by atomic mass is 9.78. The summed E-state index contributed by atoms with van der Waals surface area (Å²) in [6.07, 6.45) is 6.47. The van der Waals surface area contributed by atoms with E-state index in [9.17, 15) is 5.11 Å². The van der Waals surface area contributed by atoms with Crippen molar-refractivity contribution in [2.45, 2.75) is 44.2 Å². The molecule has 1 aliphatic heterocycles. The number of aliphatic hydroxyl groups excluding tert-OH is 1. The summed E-state index contributed by atoms with van der Waals surface area (Å²) in [7, 11) is 1.53. The highest BCUT2D eigenvalue weighted by atomic mass is 16.7. The first-order valence-corrected chi connectivity index (χ1v) is 6.89. The highest BCUT2D eigenvalue weighted by molar-refractivity contribution is 5.13. The smallest absolute Gasteiger partial charge is 0.173 e. The Morgan fingerprint density at radius 2 is 2.06 bits per heavy atom. The molecule has 1 saturated heterocycles. The lowest BCUT2D eigenvalue weighted by molar-refractivity contribution is -0.192. The molecule has 0 radical (unpaired) electrons. The lowest BCUT2D eigenvalue weighted by Crippen LogP contribution is -2.38. The fraction of sp³-hybridized carbons (Fsp3) is 0.857. The zero-order valence-corrected chi connectivity index (χ0v) is 10.9. The number of ether oxygens (including phenoxy) is 3. The van der Waals surface area contributed by atoms with E-state index in [0.717, 1.165) is 44.8 Å². The molecule has 0 amide bonds. The molecule has 1 spiro atoms. The van der Waals surface area contributed by atoms with Crippen molar-refractivity contribution < 1.29 is 19.3 Å². The Bertz CT molecular complexity index is 333. The van der Waals surface area contributed by atoms with Gasteiger partial charge in [-0.05, 0) is 37.2 Å². The van der Waals surface area contributed by atoms with Crippen molar-refractivity contribution >= 4 is 0 Å².